The minimum Gasteiger partial charge on any atom is -0.389 e. The number of aromatic nitrogens is 2. The van der Waals surface area contributed by atoms with E-state index in [1.54, 1.807) is 23.0 Å². The van der Waals surface area contributed by atoms with Crippen molar-refractivity contribution in [1.82, 2.24) is 9.78 Å². The molecule has 1 N–H and O–H groups in total. The lowest BCUT2D eigenvalue weighted by Crippen LogP contribution is -2.47. The Kier molecular flexibility index (Phi) is 5.52. The molecule has 0 aliphatic heterocycles. The van der Waals surface area contributed by atoms with Crippen molar-refractivity contribution in [3.8, 4) is 5.69 Å². The molecule has 2 aromatic carbocycles. The monoisotopic (exact) mass is 426 g/mol. The van der Waals surface area contributed by atoms with E-state index in [0.29, 0.717) is 31.2 Å². The number of aliphatic hydroxyl groups is 1. The largest absolute Gasteiger partial charge is 0.389 e. The van der Waals surface area contributed by atoms with E-state index in [1.807, 2.05) is 26.0 Å². The van der Waals surface area contributed by atoms with Crippen molar-refractivity contribution in [3.63, 3.8) is 0 Å². The topological polar surface area (TPSA) is 38.1 Å². The third-order valence-corrected chi connectivity index (χ3v) is 6.60. The molecule has 0 bridgehead atoms. The average molecular weight is 426 g/mol. The summed E-state index contributed by atoms with van der Waals surface area (Å²) >= 11 is 0. The van der Waals surface area contributed by atoms with Gasteiger partial charge in [0.25, 0.3) is 0 Å². The second-order valence-electron chi connectivity index (χ2n) is 8.49. The molecule has 0 saturated carbocycles. The van der Waals surface area contributed by atoms with Gasteiger partial charge in [0, 0.05) is 11.5 Å². The van der Waals surface area contributed by atoms with Crippen molar-refractivity contribution in [2.75, 3.05) is 0 Å². The minimum atomic E-state index is -1.08. The highest BCUT2D eigenvalue weighted by Gasteiger charge is 2.45. The van der Waals surface area contributed by atoms with Crippen LogP contribution < -0.4 is 0 Å². The molecule has 6 heteroatoms. The first kappa shape index (κ1) is 21.4. The first-order valence-electron chi connectivity index (χ1n) is 10.4. The van der Waals surface area contributed by atoms with E-state index < -0.39 is 22.7 Å². The summed E-state index contributed by atoms with van der Waals surface area (Å²) < 4.78 is 42.3. The van der Waals surface area contributed by atoms with Gasteiger partial charge in [-0.15, -0.1) is 0 Å². The van der Waals surface area contributed by atoms with E-state index in [9.17, 15) is 18.3 Å². The molecule has 4 rings (SSSR count). The number of benzene rings is 2. The van der Waals surface area contributed by atoms with Crippen LogP contribution in [0.25, 0.3) is 11.8 Å². The normalized spacial score (nSPS) is 19.8. The molecular formula is C25H25F3N2O. The molecule has 1 unspecified atom stereocenters. The Hall–Kier alpha value is -2.86. The molecule has 0 amide bonds. The van der Waals surface area contributed by atoms with Gasteiger partial charge >= 0.3 is 0 Å². The maximum atomic E-state index is 14.1. The summed E-state index contributed by atoms with van der Waals surface area (Å²) in [5.74, 6) is -1.51. The lowest BCUT2D eigenvalue weighted by atomic mass is 9.64. The summed E-state index contributed by atoms with van der Waals surface area (Å²) in [4.78, 5) is 0. The predicted molar refractivity (Wildman–Crippen MR) is 114 cm³/mol. The van der Waals surface area contributed by atoms with Gasteiger partial charge in [-0.2, -0.15) is 5.10 Å². The highest BCUT2D eigenvalue weighted by Crippen LogP contribution is 2.45. The molecular weight excluding hydrogens is 401 g/mol. The number of hydrogen-bond donors (Lipinski definition) is 1. The van der Waals surface area contributed by atoms with Crippen LogP contribution in [-0.2, 0) is 12.8 Å². The molecule has 3 nitrogen and oxygen atoms in total. The van der Waals surface area contributed by atoms with E-state index in [0.717, 1.165) is 23.0 Å². The van der Waals surface area contributed by atoms with Gasteiger partial charge in [0.2, 0.25) is 0 Å². The Morgan fingerprint density at radius 1 is 1.10 bits per heavy atom. The smallest absolute Gasteiger partial charge is 0.129 e. The van der Waals surface area contributed by atoms with Gasteiger partial charge in [-0.1, -0.05) is 26.0 Å². The Labute approximate surface area is 179 Å². The molecule has 0 fully saturated rings. The van der Waals surface area contributed by atoms with Crippen molar-refractivity contribution in [1.29, 1.82) is 0 Å². The zero-order valence-electron chi connectivity index (χ0n) is 17.6. The lowest BCUT2D eigenvalue weighted by Gasteiger charge is -2.44. The fraction of sp³-hybridized carbons (Fsp3) is 0.320. The van der Waals surface area contributed by atoms with Crippen LogP contribution in [0.3, 0.4) is 0 Å². The summed E-state index contributed by atoms with van der Waals surface area (Å²) in [7, 11) is 0. The van der Waals surface area contributed by atoms with Crippen LogP contribution in [0.4, 0.5) is 13.2 Å². The molecule has 1 aliphatic rings. The highest BCUT2D eigenvalue weighted by atomic mass is 19.1. The molecule has 1 heterocycles. The molecule has 0 spiro atoms. The van der Waals surface area contributed by atoms with Crippen LogP contribution in [0.1, 0.15) is 43.5 Å². The second-order valence-corrected chi connectivity index (χ2v) is 8.49. The molecule has 3 aromatic rings. The van der Waals surface area contributed by atoms with Crippen LogP contribution in [-0.4, -0.2) is 20.5 Å². The maximum Gasteiger partial charge on any atom is 0.129 e. The van der Waals surface area contributed by atoms with E-state index in [-0.39, 0.29) is 5.82 Å². The number of halogens is 3. The third-order valence-electron chi connectivity index (χ3n) is 6.60. The Morgan fingerprint density at radius 2 is 1.81 bits per heavy atom. The number of aryl methyl sites for hydroxylation is 1. The fourth-order valence-electron chi connectivity index (χ4n) is 4.46. The van der Waals surface area contributed by atoms with Gasteiger partial charge < -0.3 is 5.11 Å². The van der Waals surface area contributed by atoms with Gasteiger partial charge in [0.1, 0.15) is 17.5 Å². The predicted octanol–water partition coefficient (Wildman–Crippen LogP) is 5.64. The van der Waals surface area contributed by atoms with Crippen molar-refractivity contribution in [3.05, 3.63) is 89.0 Å². The number of hydrogen-bond acceptors (Lipinski definition) is 2. The third kappa shape index (κ3) is 3.92. The quantitative estimate of drug-likeness (QED) is 0.554. The Morgan fingerprint density at radius 3 is 2.48 bits per heavy atom. The zero-order valence-corrected chi connectivity index (χ0v) is 17.6. The van der Waals surface area contributed by atoms with Crippen molar-refractivity contribution >= 4 is 6.08 Å². The summed E-state index contributed by atoms with van der Waals surface area (Å²) in [5.41, 5.74) is 1.36. The van der Waals surface area contributed by atoms with Gasteiger partial charge in [-0.05, 0) is 73.2 Å². The summed E-state index contributed by atoms with van der Waals surface area (Å²) in [6.45, 7) is 3.91. The molecule has 0 saturated heterocycles. The zero-order chi connectivity index (χ0) is 22.2. The van der Waals surface area contributed by atoms with Crippen LogP contribution in [0.2, 0.25) is 0 Å². The van der Waals surface area contributed by atoms with E-state index in [4.69, 9.17) is 0 Å². The van der Waals surface area contributed by atoms with Crippen LogP contribution in [0.5, 0.6) is 0 Å². The minimum absolute atomic E-state index is 0.307. The van der Waals surface area contributed by atoms with Gasteiger partial charge in [0.05, 0.1) is 23.2 Å². The highest BCUT2D eigenvalue weighted by molar-refractivity contribution is 5.57. The van der Waals surface area contributed by atoms with Crippen LogP contribution >= 0.6 is 0 Å². The Balaban J connectivity index is 1.58. The number of rotatable bonds is 6. The average Bonchev–Trinajstić information content (AvgIpc) is 3.16. The molecule has 162 valence electrons. The maximum absolute atomic E-state index is 14.1. The van der Waals surface area contributed by atoms with Crippen LogP contribution in [0.15, 0.2) is 54.7 Å². The SMILES string of the molecule is CC[C@](O)(CCc1ccc(F)cc1F)C1(C)C=Cc2c(cnn2-c2ccc(F)cc2)C1. The first-order chi connectivity index (χ1) is 14.7. The molecule has 31 heavy (non-hydrogen) atoms. The molecule has 0 radical (unpaired) electrons. The van der Waals surface area contributed by atoms with Crippen molar-refractivity contribution < 1.29 is 18.3 Å². The molecule has 1 aromatic heterocycles. The Bertz CT molecular complexity index is 1120. The molecule has 1 aliphatic carbocycles. The van der Waals surface area contributed by atoms with Gasteiger partial charge in [-0.3, -0.25) is 0 Å². The lowest BCUT2D eigenvalue weighted by molar-refractivity contribution is -0.0613. The first-order valence-corrected chi connectivity index (χ1v) is 10.4. The summed E-state index contributed by atoms with van der Waals surface area (Å²) in [6.07, 6.45) is 7.40. The number of nitrogens with zero attached hydrogens (tertiary/aromatic N) is 2. The van der Waals surface area contributed by atoms with Gasteiger partial charge in [-0.25, -0.2) is 17.9 Å². The second kappa shape index (κ2) is 8.00. The van der Waals surface area contributed by atoms with Crippen molar-refractivity contribution in [2.45, 2.75) is 45.1 Å². The van der Waals surface area contributed by atoms with Gasteiger partial charge in [0.15, 0.2) is 0 Å². The van der Waals surface area contributed by atoms with Crippen molar-refractivity contribution in [2.24, 2.45) is 5.41 Å². The fourth-order valence-corrected chi connectivity index (χ4v) is 4.46. The summed E-state index contributed by atoms with van der Waals surface area (Å²) in [5, 5.41) is 16.0. The summed E-state index contributed by atoms with van der Waals surface area (Å²) in [6, 6.07) is 9.67. The standard InChI is InChI=1S/C25H25F3N2O/c1-3-25(31,13-10-17-4-5-20(27)14-22(17)28)24(2)12-11-23-18(15-24)16-29-30(23)21-8-6-19(26)7-9-21/h4-9,11-12,14,16,31H,3,10,13,15H2,1-2H3/t24?,25-/m0/s1. The van der Waals surface area contributed by atoms with E-state index in [1.165, 1.54) is 24.3 Å². The molecule has 2 atom stereocenters. The van der Waals surface area contributed by atoms with Crippen LogP contribution in [0, 0.1) is 22.9 Å². The van der Waals surface area contributed by atoms with E-state index >= 15 is 0 Å². The van der Waals surface area contributed by atoms with E-state index in [2.05, 4.69) is 5.10 Å². The number of fused-ring (bicyclic) bond motifs is 1.